The van der Waals surface area contributed by atoms with E-state index in [2.05, 4.69) is 25.0 Å². The fraction of sp³-hybridized carbons (Fsp3) is 0.400. The number of phosphoric acid groups is 3. The number of aromatic amines is 1. The molecule has 164 valence electrons. The predicted octanol–water partition coefficient (Wildman–Crippen LogP) is -1.84. The number of nitrogens with two attached hydrogens (primary N) is 1. The molecular weight excluding hydrogens is 463 g/mol. The van der Waals surface area contributed by atoms with Gasteiger partial charge in [0.15, 0.2) is 0 Å². The van der Waals surface area contributed by atoms with Crippen molar-refractivity contribution in [1.29, 1.82) is 0 Å². The van der Waals surface area contributed by atoms with Crippen molar-refractivity contribution < 1.29 is 51.2 Å². The monoisotopic (exact) mass is 479 g/mol. The first-order chi connectivity index (χ1) is 13.2. The minimum Gasteiger partial charge on any atom is -0.358 e. The molecule has 0 saturated carbocycles. The summed E-state index contributed by atoms with van der Waals surface area (Å²) >= 11 is 0. The Morgan fingerprint density at radius 1 is 1.07 bits per heavy atom. The molecule has 19 heteroatoms. The molecule has 2 atom stereocenters. The van der Waals surface area contributed by atoms with Crippen LogP contribution in [0.4, 0.5) is 0 Å². The first-order valence-corrected chi connectivity index (χ1v) is 11.7. The lowest BCUT2D eigenvalue weighted by atomic mass is 10.3. The van der Waals surface area contributed by atoms with Gasteiger partial charge in [-0.25, -0.2) is 18.5 Å². The van der Waals surface area contributed by atoms with Crippen molar-refractivity contribution in [2.75, 3.05) is 19.8 Å². The highest BCUT2D eigenvalue weighted by atomic mass is 31.3. The summed E-state index contributed by atoms with van der Waals surface area (Å²) in [6.45, 7) is -1.61. The Labute approximate surface area is 161 Å². The van der Waals surface area contributed by atoms with Crippen LogP contribution < -0.4 is 17.0 Å². The third-order valence-corrected chi connectivity index (χ3v) is 6.30. The molecular formula is C10H16N3O13P3. The minimum absolute atomic E-state index is 0.0182. The fourth-order valence-electron chi connectivity index (χ4n) is 1.52. The Morgan fingerprint density at radius 3 is 2.31 bits per heavy atom. The minimum atomic E-state index is -5.61. The Hall–Kier alpha value is -1.43. The molecule has 0 radical (unpaired) electrons. The third-order valence-electron chi connectivity index (χ3n) is 2.46. The molecule has 0 fully saturated rings. The Kier molecular flexibility index (Phi) is 9.32. The van der Waals surface area contributed by atoms with Gasteiger partial charge in [-0.3, -0.25) is 18.9 Å². The van der Waals surface area contributed by atoms with Crippen molar-refractivity contribution in [3.63, 3.8) is 0 Å². The fourth-order valence-corrected chi connectivity index (χ4v) is 4.52. The van der Waals surface area contributed by atoms with Gasteiger partial charge in [-0.05, 0) is 0 Å². The Bertz CT molecular complexity index is 1030. The Morgan fingerprint density at radius 2 is 1.72 bits per heavy atom. The molecule has 0 saturated heterocycles. The van der Waals surface area contributed by atoms with Crippen LogP contribution in [0, 0.1) is 11.8 Å². The molecule has 0 aliphatic heterocycles. The van der Waals surface area contributed by atoms with Crippen molar-refractivity contribution in [3.05, 3.63) is 32.6 Å². The van der Waals surface area contributed by atoms with E-state index >= 15 is 0 Å². The van der Waals surface area contributed by atoms with Crippen molar-refractivity contribution in [2.45, 2.75) is 6.73 Å². The summed E-state index contributed by atoms with van der Waals surface area (Å²) in [5.74, 6) is 4.86. The molecule has 7 N–H and O–H groups in total. The zero-order valence-electron chi connectivity index (χ0n) is 14.2. The number of nitrogens with one attached hydrogen (secondary N) is 1. The van der Waals surface area contributed by atoms with Crippen molar-refractivity contribution in [3.8, 4) is 11.8 Å². The number of hydrogen-bond donors (Lipinski definition) is 6. The van der Waals surface area contributed by atoms with Crippen LogP contribution in [0.15, 0.2) is 15.8 Å². The summed E-state index contributed by atoms with van der Waals surface area (Å²) in [5.41, 5.74) is 3.55. The Balaban J connectivity index is 2.58. The standard InChI is InChI=1S/C10H16N3O13P3/c11-3-1-2-8-6-13(10(15)12-9(8)14)7-23-4-5-24-28(19,20)26-29(21,22)25-27(16,17)18/h6H,3-5,7,11H2,(H,19,20)(H,21,22)(H,12,14,15)(H2,16,17,18). The maximum Gasteiger partial charge on any atom is 0.490 e. The summed E-state index contributed by atoms with van der Waals surface area (Å²) < 4.78 is 50.2. The molecule has 1 heterocycles. The molecule has 1 rings (SSSR count). The number of H-pyrrole nitrogens is 1. The van der Waals surface area contributed by atoms with Gasteiger partial charge in [0, 0.05) is 6.20 Å². The first kappa shape index (κ1) is 25.6. The van der Waals surface area contributed by atoms with Crippen LogP contribution >= 0.6 is 23.5 Å². The summed E-state index contributed by atoms with van der Waals surface area (Å²) in [6.07, 6.45) is 1.09. The van der Waals surface area contributed by atoms with E-state index < -0.39 is 54.7 Å². The smallest absolute Gasteiger partial charge is 0.358 e. The van der Waals surface area contributed by atoms with E-state index in [1.165, 1.54) is 0 Å². The second-order valence-corrected chi connectivity index (χ2v) is 9.16. The zero-order chi connectivity index (χ0) is 22.3. The average Bonchev–Trinajstić information content (AvgIpc) is 2.51. The number of nitrogens with zero attached hydrogens (tertiary/aromatic N) is 1. The highest BCUT2D eigenvalue weighted by Crippen LogP contribution is 2.66. The molecule has 16 nitrogen and oxygen atoms in total. The molecule has 1 aromatic heterocycles. The van der Waals surface area contributed by atoms with Crippen LogP contribution in [0.3, 0.4) is 0 Å². The summed E-state index contributed by atoms with van der Waals surface area (Å²) in [5, 5.41) is 0. The van der Waals surface area contributed by atoms with Gasteiger partial charge in [-0.15, -0.1) is 0 Å². The quantitative estimate of drug-likeness (QED) is 0.123. The highest BCUT2D eigenvalue weighted by Gasteiger charge is 2.40. The van der Waals surface area contributed by atoms with E-state index in [1.54, 1.807) is 0 Å². The molecule has 0 aliphatic carbocycles. The number of aromatic nitrogens is 2. The van der Waals surface area contributed by atoms with E-state index in [1.807, 2.05) is 4.98 Å². The lowest BCUT2D eigenvalue weighted by Crippen LogP contribution is -2.32. The zero-order valence-corrected chi connectivity index (χ0v) is 16.9. The van der Waals surface area contributed by atoms with E-state index in [-0.39, 0.29) is 12.1 Å². The average molecular weight is 479 g/mol. The molecule has 29 heavy (non-hydrogen) atoms. The van der Waals surface area contributed by atoms with Crippen LogP contribution in [0.2, 0.25) is 0 Å². The number of hydrogen-bond acceptors (Lipinski definition) is 10. The van der Waals surface area contributed by atoms with Gasteiger partial charge in [0.05, 0.1) is 19.8 Å². The van der Waals surface area contributed by atoms with Gasteiger partial charge >= 0.3 is 29.2 Å². The largest absolute Gasteiger partial charge is 0.490 e. The summed E-state index contributed by atoms with van der Waals surface area (Å²) in [4.78, 5) is 60.1. The molecule has 2 unspecified atom stereocenters. The van der Waals surface area contributed by atoms with Gasteiger partial charge in [0.25, 0.3) is 5.56 Å². The SMILES string of the molecule is NCC#Cc1cn(COCCOP(=O)(O)OP(=O)(O)OP(=O)(O)O)c(=O)[nH]c1=O. The van der Waals surface area contributed by atoms with Crippen LogP contribution in [0.1, 0.15) is 5.56 Å². The van der Waals surface area contributed by atoms with Crippen LogP contribution in [-0.2, 0) is 38.3 Å². The third kappa shape index (κ3) is 10.2. The predicted molar refractivity (Wildman–Crippen MR) is 93.0 cm³/mol. The second kappa shape index (κ2) is 10.6. The highest BCUT2D eigenvalue weighted by molar-refractivity contribution is 7.66. The van der Waals surface area contributed by atoms with Crippen molar-refractivity contribution in [1.82, 2.24) is 9.55 Å². The normalized spacial score (nSPS) is 15.8. The number of phosphoric ester groups is 1. The topological polar surface area (TPSA) is 250 Å². The van der Waals surface area contributed by atoms with E-state index in [9.17, 15) is 28.2 Å². The van der Waals surface area contributed by atoms with Crippen molar-refractivity contribution >= 4 is 23.5 Å². The van der Waals surface area contributed by atoms with E-state index in [0.29, 0.717) is 0 Å². The first-order valence-electron chi connectivity index (χ1n) is 7.13. The molecule has 1 aromatic rings. The van der Waals surface area contributed by atoms with Crippen LogP contribution in [0.25, 0.3) is 0 Å². The lowest BCUT2D eigenvalue weighted by molar-refractivity contribution is 0.0432. The number of rotatable bonds is 10. The van der Waals surface area contributed by atoms with E-state index in [4.69, 9.17) is 25.2 Å². The number of ether oxygens (including phenoxy) is 1. The molecule has 0 bridgehead atoms. The molecule has 0 aromatic carbocycles. The van der Waals surface area contributed by atoms with Gasteiger partial charge in [-0.2, -0.15) is 8.62 Å². The van der Waals surface area contributed by atoms with Gasteiger partial charge < -0.3 is 30.0 Å². The molecule has 0 aliphatic rings. The summed E-state index contributed by atoms with van der Waals surface area (Å²) in [6, 6.07) is 0. The maximum atomic E-state index is 11.6. The van der Waals surface area contributed by atoms with Crippen molar-refractivity contribution in [2.24, 2.45) is 5.73 Å². The van der Waals surface area contributed by atoms with Gasteiger partial charge in [-0.1, -0.05) is 11.8 Å². The second-order valence-electron chi connectivity index (χ2n) is 4.74. The molecule has 0 amide bonds. The van der Waals surface area contributed by atoms with Gasteiger partial charge in [0.2, 0.25) is 0 Å². The van der Waals surface area contributed by atoms with Crippen LogP contribution in [0.5, 0.6) is 0 Å². The molecule has 0 spiro atoms. The summed E-state index contributed by atoms with van der Waals surface area (Å²) in [7, 11) is -16.4. The van der Waals surface area contributed by atoms with Crippen LogP contribution in [-0.4, -0.2) is 48.9 Å². The maximum absolute atomic E-state index is 11.6. The van der Waals surface area contributed by atoms with E-state index in [0.717, 1.165) is 10.8 Å². The lowest BCUT2D eigenvalue weighted by Gasteiger charge is -2.16. The van der Waals surface area contributed by atoms with Gasteiger partial charge in [0.1, 0.15) is 12.3 Å².